The third-order valence-corrected chi connectivity index (χ3v) is 8.03. The Hall–Kier alpha value is -2.32. The molecule has 2 amide bonds. The van der Waals surface area contributed by atoms with Gasteiger partial charge in [-0.1, -0.05) is 31.4 Å². The molecule has 0 bridgehead atoms. The molecule has 1 aromatic carbocycles. The van der Waals surface area contributed by atoms with Crippen LogP contribution >= 0.6 is 0 Å². The lowest BCUT2D eigenvalue weighted by Crippen LogP contribution is -2.52. The van der Waals surface area contributed by atoms with Crippen LogP contribution < -0.4 is 5.32 Å². The van der Waals surface area contributed by atoms with Gasteiger partial charge in [-0.3, -0.25) is 0 Å². The van der Waals surface area contributed by atoms with E-state index in [1.165, 1.54) is 42.0 Å². The van der Waals surface area contributed by atoms with Crippen LogP contribution in [0, 0.1) is 0 Å². The summed E-state index contributed by atoms with van der Waals surface area (Å²) in [6.45, 7) is 1.63. The van der Waals surface area contributed by atoms with E-state index in [2.05, 4.69) is 5.32 Å². The molecular formula is C22H29N3O4S. The quantitative estimate of drug-likeness (QED) is 0.785. The molecule has 0 atom stereocenters. The Morgan fingerprint density at radius 3 is 2.33 bits per heavy atom. The first-order chi connectivity index (χ1) is 14.5. The standard InChI is InChI=1S/C22H29N3O4S/c26-22(23-17-20-7-4-16-29-20)24-12-14-25(15-13-24)30(27,28)21-10-8-19(9-11-21)18-5-2-1-3-6-18/h4,7-11,16,18H,1-3,5-6,12-15,17H2,(H,23,26). The van der Waals surface area contributed by atoms with Crippen LogP contribution in [0.3, 0.4) is 0 Å². The van der Waals surface area contributed by atoms with Crippen molar-refractivity contribution in [2.45, 2.75) is 49.5 Å². The van der Waals surface area contributed by atoms with Crippen molar-refractivity contribution >= 4 is 16.1 Å². The Labute approximate surface area is 178 Å². The van der Waals surface area contributed by atoms with Crippen LogP contribution in [-0.4, -0.2) is 49.8 Å². The topological polar surface area (TPSA) is 82.9 Å². The number of urea groups is 1. The third-order valence-electron chi connectivity index (χ3n) is 6.11. The molecular weight excluding hydrogens is 402 g/mol. The molecule has 0 radical (unpaired) electrons. The minimum Gasteiger partial charge on any atom is -0.467 e. The number of rotatable bonds is 5. The molecule has 1 N–H and O–H groups in total. The monoisotopic (exact) mass is 431 g/mol. The molecule has 1 aromatic heterocycles. The summed E-state index contributed by atoms with van der Waals surface area (Å²) in [5.74, 6) is 1.24. The van der Waals surface area contributed by atoms with Crippen molar-refractivity contribution in [1.29, 1.82) is 0 Å². The first-order valence-electron chi connectivity index (χ1n) is 10.7. The van der Waals surface area contributed by atoms with Crippen LogP contribution in [0.2, 0.25) is 0 Å². The molecule has 1 saturated heterocycles. The van der Waals surface area contributed by atoms with Gasteiger partial charge in [0.15, 0.2) is 0 Å². The second-order valence-electron chi connectivity index (χ2n) is 8.03. The molecule has 2 aliphatic rings. The Bertz CT molecular complexity index is 927. The highest BCUT2D eigenvalue weighted by molar-refractivity contribution is 7.89. The van der Waals surface area contributed by atoms with Gasteiger partial charge in [0, 0.05) is 26.2 Å². The molecule has 2 aromatic rings. The second kappa shape index (κ2) is 9.22. The van der Waals surface area contributed by atoms with E-state index >= 15 is 0 Å². The van der Waals surface area contributed by atoms with Crippen LogP contribution in [0.25, 0.3) is 0 Å². The van der Waals surface area contributed by atoms with Crippen molar-refractivity contribution in [1.82, 2.24) is 14.5 Å². The van der Waals surface area contributed by atoms with Gasteiger partial charge in [0.1, 0.15) is 5.76 Å². The Morgan fingerprint density at radius 1 is 1.00 bits per heavy atom. The summed E-state index contributed by atoms with van der Waals surface area (Å²) >= 11 is 0. The summed E-state index contributed by atoms with van der Waals surface area (Å²) in [7, 11) is -3.55. The van der Waals surface area contributed by atoms with Crippen molar-refractivity contribution in [3.05, 3.63) is 54.0 Å². The fourth-order valence-electron chi connectivity index (χ4n) is 4.32. The molecule has 162 valence electrons. The number of furan rings is 1. The molecule has 8 heteroatoms. The number of benzene rings is 1. The summed E-state index contributed by atoms with van der Waals surface area (Å²) in [6, 6.07) is 10.8. The van der Waals surface area contributed by atoms with Gasteiger partial charge >= 0.3 is 6.03 Å². The number of nitrogens with zero attached hydrogens (tertiary/aromatic N) is 2. The Balaban J connectivity index is 1.32. The van der Waals surface area contributed by atoms with E-state index < -0.39 is 10.0 Å². The van der Waals surface area contributed by atoms with Gasteiger partial charge in [0.05, 0.1) is 17.7 Å². The molecule has 0 spiro atoms. The average molecular weight is 432 g/mol. The normalized spacial score (nSPS) is 19.0. The van der Waals surface area contributed by atoms with E-state index in [1.807, 2.05) is 12.1 Å². The van der Waals surface area contributed by atoms with E-state index in [0.717, 1.165) is 0 Å². The number of amides is 2. The first-order valence-corrected chi connectivity index (χ1v) is 12.1. The maximum Gasteiger partial charge on any atom is 0.317 e. The van der Waals surface area contributed by atoms with Crippen molar-refractivity contribution in [3.8, 4) is 0 Å². The molecule has 1 aliphatic carbocycles. The fourth-order valence-corrected chi connectivity index (χ4v) is 5.74. The van der Waals surface area contributed by atoms with Gasteiger partial charge in [-0.2, -0.15) is 4.31 Å². The predicted molar refractivity (Wildman–Crippen MR) is 114 cm³/mol. The first kappa shape index (κ1) is 20.9. The summed E-state index contributed by atoms with van der Waals surface area (Å²) in [6.07, 6.45) is 7.75. The maximum absolute atomic E-state index is 13.0. The highest BCUT2D eigenvalue weighted by atomic mass is 32.2. The fraction of sp³-hybridized carbons (Fsp3) is 0.500. The van der Waals surface area contributed by atoms with Gasteiger partial charge in [0.25, 0.3) is 0 Å². The number of carbonyl (C=O) groups is 1. The van der Waals surface area contributed by atoms with Gasteiger partial charge < -0.3 is 14.6 Å². The highest BCUT2D eigenvalue weighted by Gasteiger charge is 2.30. The number of piperazine rings is 1. The molecule has 30 heavy (non-hydrogen) atoms. The maximum atomic E-state index is 13.0. The van der Waals surface area contributed by atoms with Gasteiger partial charge in [0.2, 0.25) is 10.0 Å². The van der Waals surface area contributed by atoms with Crippen molar-refractivity contribution in [3.63, 3.8) is 0 Å². The van der Waals surface area contributed by atoms with E-state index in [-0.39, 0.29) is 6.03 Å². The lowest BCUT2D eigenvalue weighted by atomic mass is 9.84. The van der Waals surface area contributed by atoms with Crippen molar-refractivity contribution in [2.75, 3.05) is 26.2 Å². The van der Waals surface area contributed by atoms with Crippen LogP contribution in [0.15, 0.2) is 52.0 Å². The minimum atomic E-state index is -3.55. The number of hydrogen-bond acceptors (Lipinski definition) is 4. The summed E-state index contributed by atoms with van der Waals surface area (Å²) in [5, 5.41) is 2.80. The summed E-state index contributed by atoms with van der Waals surface area (Å²) < 4.78 is 32.7. The Kier molecular flexibility index (Phi) is 6.43. The van der Waals surface area contributed by atoms with Gasteiger partial charge in [-0.15, -0.1) is 0 Å². The lowest BCUT2D eigenvalue weighted by Gasteiger charge is -2.34. The minimum absolute atomic E-state index is 0.208. The number of nitrogens with one attached hydrogen (secondary N) is 1. The SMILES string of the molecule is O=C(NCc1ccco1)N1CCN(S(=O)(=O)c2ccc(C3CCCCC3)cc2)CC1. The molecule has 1 saturated carbocycles. The van der Waals surface area contributed by atoms with Crippen molar-refractivity contribution in [2.24, 2.45) is 0 Å². The van der Waals surface area contributed by atoms with Gasteiger partial charge in [-0.25, -0.2) is 13.2 Å². The van der Waals surface area contributed by atoms with Crippen LogP contribution in [0.4, 0.5) is 4.79 Å². The molecule has 1 aliphatic heterocycles. The van der Waals surface area contributed by atoms with Crippen LogP contribution in [0.5, 0.6) is 0 Å². The number of sulfonamides is 1. The zero-order chi connectivity index (χ0) is 21.0. The zero-order valence-electron chi connectivity index (χ0n) is 17.1. The van der Waals surface area contributed by atoms with Crippen LogP contribution in [-0.2, 0) is 16.6 Å². The number of hydrogen-bond donors (Lipinski definition) is 1. The predicted octanol–water partition coefficient (Wildman–Crippen LogP) is 3.54. The lowest BCUT2D eigenvalue weighted by molar-refractivity contribution is 0.171. The van der Waals surface area contributed by atoms with E-state index in [0.29, 0.717) is 49.3 Å². The second-order valence-corrected chi connectivity index (χ2v) is 9.97. The van der Waals surface area contributed by atoms with Crippen molar-refractivity contribution < 1.29 is 17.6 Å². The Morgan fingerprint density at radius 2 is 1.70 bits per heavy atom. The van der Waals surface area contributed by atoms with E-state index in [9.17, 15) is 13.2 Å². The molecule has 2 heterocycles. The van der Waals surface area contributed by atoms with Crippen LogP contribution in [0.1, 0.15) is 49.3 Å². The van der Waals surface area contributed by atoms with Gasteiger partial charge in [-0.05, 0) is 48.6 Å². The molecule has 2 fully saturated rings. The highest BCUT2D eigenvalue weighted by Crippen LogP contribution is 2.33. The molecule has 7 nitrogen and oxygen atoms in total. The largest absolute Gasteiger partial charge is 0.467 e. The third kappa shape index (κ3) is 4.70. The summed E-state index contributed by atoms with van der Waals surface area (Å²) in [5.41, 5.74) is 1.24. The van der Waals surface area contributed by atoms with E-state index in [4.69, 9.17) is 4.42 Å². The smallest absolute Gasteiger partial charge is 0.317 e. The zero-order valence-corrected chi connectivity index (χ0v) is 17.9. The summed E-state index contributed by atoms with van der Waals surface area (Å²) in [4.78, 5) is 14.3. The molecule has 4 rings (SSSR count). The molecule has 0 unspecified atom stereocenters. The number of carbonyl (C=O) groups excluding carboxylic acids is 1. The van der Waals surface area contributed by atoms with E-state index in [1.54, 1.807) is 35.4 Å². The average Bonchev–Trinajstić information content (AvgIpc) is 3.32.